The summed E-state index contributed by atoms with van der Waals surface area (Å²) in [7, 11) is 0. The molecule has 0 saturated carbocycles. The molecule has 1 heterocycles. The first-order chi connectivity index (χ1) is 9.63. The Bertz CT molecular complexity index is 581. The molecule has 2 N–H and O–H groups in total. The molecule has 0 aliphatic rings. The van der Waals surface area contributed by atoms with Gasteiger partial charge in [0, 0.05) is 11.3 Å². The molecular formula is C15H20N2O2S. The lowest BCUT2D eigenvalue weighted by atomic mass is 10.1. The maximum atomic E-state index is 5.74. The van der Waals surface area contributed by atoms with Gasteiger partial charge >= 0.3 is 0 Å². The van der Waals surface area contributed by atoms with Gasteiger partial charge in [0.25, 0.3) is 0 Å². The third-order valence-corrected chi connectivity index (χ3v) is 3.87. The number of aromatic nitrogens is 1. The van der Waals surface area contributed by atoms with Crippen LogP contribution in [0.4, 0.5) is 5.13 Å². The van der Waals surface area contributed by atoms with Crippen molar-refractivity contribution >= 4 is 16.5 Å². The van der Waals surface area contributed by atoms with Crippen molar-refractivity contribution in [1.29, 1.82) is 0 Å². The van der Waals surface area contributed by atoms with Crippen LogP contribution in [-0.2, 0) is 6.42 Å². The molecule has 0 unspecified atom stereocenters. The molecule has 5 heteroatoms. The predicted octanol–water partition coefficient (Wildman–Crippen LogP) is 3.42. The molecule has 20 heavy (non-hydrogen) atoms. The second kappa shape index (κ2) is 6.61. The van der Waals surface area contributed by atoms with E-state index < -0.39 is 0 Å². The van der Waals surface area contributed by atoms with Gasteiger partial charge in [0.05, 0.1) is 18.9 Å². The Labute approximate surface area is 123 Å². The minimum atomic E-state index is 0.619. The van der Waals surface area contributed by atoms with E-state index in [0.717, 1.165) is 23.6 Å². The lowest BCUT2D eigenvalue weighted by molar-refractivity contribution is 0.287. The van der Waals surface area contributed by atoms with Gasteiger partial charge in [0.15, 0.2) is 16.6 Å². The summed E-state index contributed by atoms with van der Waals surface area (Å²) in [5, 5.41) is 0.619. The molecule has 0 bridgehead atoms. The Hall–Kier alpha value is -1.75. The summed E-state index contributed by atoms with van der Waals surface area (Å²) >= 11 is 1.54. The third-order valence-electron chi connectivity index (χ3n) is 2.88. The zero-order valence-corrected chi connectivity index (χ0v) is 12.9. The topological polar surface area (TPSA) is 57.4 Å². The number of hydrogen-bond acceptors (Lipinski definition) is 5. The number of benzene rings is 1. The summed E-state index contributed by atoms with van der Waals surface area (Å²) in [6.45, 7) is 7.17. The molecule has 1 aromatic heterocycles. The fourth-order valence-corrected chi connectivity index (χ4v) is 2.87. The summed E-state index contributed by atoms with van der Waals surface area (Å²) < 4.78 is 11.2. The van der Waals surface area contributed by atoms with E-state index >= 15 is 0 Å². The second-order valence-corrected chi connectivity index (χ2v) is 5.50. The lowest BCUT2D eigenvalue weighted by Crippen LogP contribution is -1.99. The van der Waals surface area contributed by atoms with E-state index in [9.17, 15) is 0 Å². The minimum Gasteiger partial charge on any atom is -0.490 e. The number of nitrogens with two attached hydrogens (primary N) is 1. The van der Waals surface area contributed by atoms with Crippen LogP contribution in [0.1, 0.15) is 30.0 Å². The van der Waals surface area contributed by atoms with Gasteiger partial charge < -0.3 is 15.2 Å². The Morgan fingerprint density at radius 3 is 2.45 bits per heavy atom. The van der Waals surface area contributed by atoms with Gasteiger partial charge in [-0.05, 0) is 38.5 Å². The maximum Gasteiger partial charge on any atom is 0.180 e. The van der Waals surface area contributed by atoms with Gasteiger partial charge in [0.2, 0.25) is 0 Å². The zero-order valence-electron chi connectivity index (χ0n) is 12.1. The van der Waals surface area contributed by atoms with Crippen molar-refractivity contribution in [1.82, 2.24) is 4.98 Å². The number of ether oxygens (including phenoxy) is 2. The first kappa shape index (κ1) is 14.7. The molecule has 0 atom stereocenters. The monoisotopic (exact) mass is 292 g/mol. The van der Waals surface area contributed by atoms with Gasteiger partial charge in [-0.2, -0.15) is 0 Å². The average Bonchev–Trinajstić information content (AvgIpc) is 2.71. The normalized spacial score (nSPS) is 10.6. The van der Waals surface area contributed by atoms with Crippen molar-refractivity contribution < 1.29 is 9.47 Å². The third kappa shape index (κ3) is 3.42. The summed E-state index contributed by atoms with van der Waals surface area (Å²) in [5.41, 5.74) is 7.91. The van der Waals surface area contributed by atoms with E-state index in [0.29, 0.717) is 18.3 Å². The van der Waals surface area contributed by atoms with Crippen LogP contribution in [-0.4, -0.2) is 18.2 Å². The summed E-state index contributed by atoms with van der Waals surface area (Å²) in [6.07, 6.45) is 0.813. The van der Waals surface area contributed by atoms with E-state index in [4.69, 9.17) is 15.2 Å². The number of thiazole rings is 1. The molecular weight excluding hydrogens is 272 g/mol. The maximum absolute atomic E-state index is 5.74. The lowest BCUT2D eigenvalue weighted by Gasteiger charge is -2.12. The Balaban J connectivity index is 2.24. The van der Waals surface area contributed by atoms with Crippen LogP contribution < -0.4 is 15.2 Å². The number of hydrogen-bond donors (Lipinski definition) is 1. The number of nitrogen functional groups attached to an aromatic ring is 1. The number of aryl methyl sites for hydroxylation is 1. The zero-order chi connectivity index (χ0) is 14.5. The second-order valence-electron chi connectivity index (χ2n) is 4.38. The summed E-state index contributed by atoms with van der Waals surface area (Å²) in [5.74, 6) is 1.58. The molecule has 2 aromatic rings. The smallest absolute Gasteiger partial charge is 0.180 e. The highest BCUT2D eigenvalue weighted by atomic mass is 32.1. The molecule has 0 aliphatic carbocycles. The number of nitrogens with zero attached hydrogens (tertiary/aromatic N) is 1. The standard InChI is InChI=1S/C15H20N2O2S/c1-4-18-12-7-6-11(8-13(12)19-5-2)9-14-10(3)17-15(16)20-14/h6-8H,4-5,9H2,1-3H3,(H2,16,17). The van der Waals surface area contributed by atoms with E-state index in [1.807, 2.05) is 32.9 Å². The van der Waals surface area contributed by atoms with Gasteiger partial charge in [-0.1, -0.05) is 6.07 Å². The first-order valence-electron chi connectivity index (χ1n) is 6.74. The summed E-state index contributed by atoms with van der Waals surface area (Å²) in [4.78, 5) is 5.44. The van der Waals surface area contributed by atoms with Crippen molar-refractivity contribution in [2.75, 3.05) is 18.9 Å². The highest BCUT2D eigenvalue weighted by molar-refractivity contribution is 7.15. The SMILES string of the molecule is CCOc1ccc(Cc2sc(N)nc2C)cc1OCC. The molecule has 1 aromatic carbocycles. The first-order valence-corrected chi connectivity index (χ1v) is 7.56. The van der Waals surface area contributed by atoms with Crippen molar-refractivity contribution in [2.45, 2.75) is 27.2 Å². The molecule has 0 radical (unpaired) electrons. The van der Waals surface area contributed by atoms with Gasteiger partial charge in [0.1, 0.15) is 0 Å². The van der Waals surface area contributed by atoms with Crippen LogP contribution in [0.2, 0.25) is 0 Å². The van der Waals surface area contributed by atoms with E-state index in [-0.39, 0.29) is 0 Å². The van der Waals surface area contributed by atoms with Crippen LogP contribution in [0.3, 0.4) is 0 Å². The molecule has 0 fully saturated rings. The van der Waals surface area contributed by atoms with Crippen molar-refractivity contribution in [3.8, 4) is 11.5 Å². The highest BCUT2D eigenvalue weighted by Crippen LogP contribution is 2.31. The molecule has 0 saturated heterocycles. The predicted molar refractivity (Wildman–Crippen MR) is 82.8 cm³/mol. The van der Waals surface area contributed by atoms with Crippen molar-refractivity contribution in [2.24, 2.45) is 0 Å². The minimum absolute atomic E-state index is 0.619. The molecule has 0 spiro atoms. The van der Waals surface area contributed by atoms with Crippen LogP contribution >= 0.6 is 11.3 Å². The molecule has 108 valence electrons. The Morgan fingerprint density at radius 1 is 1.15 bits per heavy atom. The van der Waals surface area contributed by atoms with Gasteiger partial charge in [-0.15, -0.1) is 11.3 Å². The largest absolute Gasteiger partial charge is 0.490 e. The summed E-state index contributed by atoms with van der Waals surface area (Å²) in [6, 6.07) is 6.05. The van der Waals surface area contributed by atoms with Crippen LogP contribution in [0.15, 0.2) is 18.2 Å². The number of rotatable bonds is 6. The average molecular weight is 292 g/mol. The van der Waals surface area contributed by atoms with Crippen LogP contribution in [0, 0.1) is 6.92 Å². The van der Waals surface area contributed by atoms with Crippen LogP contribution in [0.5, 0.6) is 11.5 Å². The van der Waals surface area contributed by atoms with E-state index in [2.05, 4.69) is 11.1 Å². The van der Waals surface area contributed by atoms with E-state index in [1.54, 1.807) is 0 Å². The van der Waals surface area contributed by atoms with E-state index in [1.165, 1.54) is 21.8 Å². The highest BCUT2D eigenvalue weighted by Gasteiger charge is 2.10. The molecule has 2 rings (SSSR count). The molecule has 0 amide bonds. The number of anilines is 1. The Morgan fingerprint density at radius 2 is 1.85 bits per heavy atom. The van der Waals surface area contributed by atoms with Crippen molar-refractivity contribution in [3.63, 3.8) is 0 Å². The molecule has 4 nitrogen and oxygen atoms in total. The van der Waals surface area contributed by atoms with Crippen molar-refractivity contribution in [3.05, 3.63) is 34.3 Å². The van der Waals surface area contributed by atoms with Gasteiger partial charge in [-0.3, -0.25) is 0 Å². The van der Waals surface area contributed by atoms with Gasteiger partial charge in [-0.25, -0.2) is 4.98 Å². The van der Waals surface area contributed by atoms with Crippen LogP contribution in [0.25, 0.3) is 0 Å². The molecule has 0 aliphatic heterocycles. The fourth-order valence-electron chi connectivity index (χ4n) is 2.01. The Kier molecular flexibility index (Phi) is 4.84. The quantitative estimate of drug-likeness (QED) is 0.886. The fraction of sp³-hybridized carbons (Fsp3) is 0.400.